The van der Waals surface area contributed by atoms with Gasteiger partial charge < -0.3 is 10.5 Å². The Kier molecular flexibility index (Phi) is 5.08. The Morgan fingerprint density at radius 2 is 2.00 bits per heavy atom. The summed E-state index contributed by atoms with van der Waals surface area (Å²) in [5.41, 5.74) is 9.61. The molecule has 20 heavy (non-hydrogen) atoms. The van der Waals surface area contributed by atoms with Crippen LogP contribution in [0.5, 0.6) is 5.75 Å². The first kappa shape index (κ1) is 15.4. The van der Waals surface area contributed by atoms with Gasteiger partial charge in [-0.2, -0.15) is 0 Å². The molecule has 2 rings (SSSR count). The molecule has 0 saturated heterocycles. The van der Waals surface area contributed by atoms with Crippen molar-refractivity contribution in [2.45, 2.75) is 19.4 Å². The van der Waals surface area contributed by atoms with Gasteiger partial charge in [0.2, 0.25) is 0 Å². The first-order chi connectivity index (χ1) is 9.51. The average molecular weight is 355 g/mol. The van der Waals surface area contributed by atoms with E-state index in [1.165, 1.54) is 5.56 Å². The van der Waals surface area contributed by atoms with Gasteiger partial charge in [0.25, 0.3) is 0 Å². The van der Waals surface area contributed by atoms with E-state index in [2.05, 4.69) is 28.9 Å². The molecule has 106 valence electrons. The van der Waals surface area contributed by atoms with Crippen molar-refractivity contribution >= 4 is 27.5 Å². The molecule has 0 aliphatic heterocycles. The van der Waals surface area contributed by atoms with Crippen LogP contribution in [0, 0.1) is 6.92 Å². The van der Waals surface area contributed by atoms with E-state index in [1.54, 1.807) is 7.11 Å². The van der Waals surface area contributed by atoms with E-state index in [-0.39, 0.29) is 6.04 Å². The highest BCUT2D eigenvalue weighted by atomic mass is 79.9. The number of nitrogens with two attached hydrogens (primary N) is 1. The lowest BCUT2D eigenvalue weighted by atomic mass is 9.98. The van der Waals surface area contributed by atoms with Crippen LogP contribution in [0.4, 0.5) is 0 Å². The maximum Gasteiger partial charge on any atom is 0.122 e. The van der Waals surface area contributed by atoms with E-state index in [0.717, 1.165) is 21.3 Å². The summed E-state index contributed by atoms with van der Waals surface area (Å²) >= 11 is 9.50. The van der Waals surface area contributed by atoms with Gasteiger partial charge in [0, 0.05) is 10.5 Å². The first-order valence-corrected chi connectivity index (χ1v) is 7.52. The van der Waals surface area contributed by atoms with Crippen LogP contribution in [-0.2, 0) is 6.42 Å². The van der Waals surface area contributed by atoms with Crippen molar-refractivity contribution in [3.8, 4) is 5.75 Å². The maximum absolute atomic E-state index is 6.29. The van der Waals surface area contributed by atoms with Crippen molar-refractivity contribution in [1.82, 2.24) is 0 Å². The fourth-order valence-corrected chi connectivity index (χ4v) is 2.60. The predicted octanol–water partition coefficient (Wildman–Crippen LogP) is 4.66. The molecule has 2 nitrogen and oxygen atoms in total. The Balaban J connectivity index is 2.24. The number of hydrogen-bond acceptors (Lipinski definition) is 2. The van der Waals surface area contributed by atoms with Crippen molar-refractivity contribution in [2.24, 2.45) is 5.73 Å². The SMILES string of the molecule is COc1ccc(C)cc1CC(N)c1ccc(Br)c(Cl)c1. The van der Waals surface area contributed by atoms with Crippen molar-refractivity contribution < 1.29 is 4.74 Å². The summed E-state index contributed by atoms with van der Waals surface area (Å²) in [6.45, 7) is 2.06. The van der Waals surface area contributed by atoms with E-state index in [4.69, 9.17) is 22.1 Å². The quantitative estimate of drug-likeness (QED) is 0.866. The van der Waals surface area contributed by atoms with Crippen LogP contribution in [0.3, 0.4) is 0 Å². The van der Waals surface area contributed by atoms with Gasteiger partial charge in [-0.15, -0.1) is 0 Å². The Labute approximate surface area is 133 Å². The summed E-state index contributed by atoms with van der Waals surface area (Å²) in [6, 6.07) is 11.8. The van der Waals surface area contributed by atoms with Crippen molar-refractivity contribution in [1.29, 1.82) is 0 Å². The van der Waals surface area contributed by atoms with E-state index in [1.807, 2.05) is 30.3 Å². The highest BCUT2D eigenvalue weighted by molar-refractivity contribution is 9.10. The summed E-state index contributed by atoms with van der Waals surface area (Å²) in [6.07, 6.45) is 0.711. The van der Waals surface area contributed by atoms with Crippen LogP contribution in [0.1, 0.15) is 22.7 Å². The predicted molar refractivity (Wildman–Crippen MR) is 87.5 cm³/mol. The van der Waals surface area contributed by atoms with Crippen molar-refractivity contribution in [3.05, 3.63) is 62.6 Å². The van der Waals surface area contributed by atoms with Gasteiger partial charge in [0.05, 0.1) is 12.1 Å². The van der Waals surface area contributed by atoms with Crippen LogP contribution in [0.25, 0.3) is 0 Å². The summed E-state index contributed by atoms with van der Waals surface area (Å²) < 4.78 is 6.27. The third-order valence-electron chi connectivity index (χ3n) is 3.25. The lowest BCUT2D eigenvalue weighted by Crippen LogP contribution is -2.14. The number of rotatable bonds is 4. The third kappa shape index (κ3) is 3.54. The summed E-state index contributed by atoms with van der Waals surface area (Å²) in [5, 5.41) is 0.675. The van der Waals surface area contributed by atoms with Crippen molar-refractivity contribution in [3.63, 3.8) is 0 Å². The minimum Gasteiger partial charge on any atom is -0.496 e. The monoisotopic (exact) mass is 353 g/mol. The lowest BCUT2D eigenvalue weighted by Gasteiger charge is -2.16. The zero-order valence-electron chi connectivity index (χ0n) is 11.5. The molecular formula is C16H17BrClNO. The average Bonchev–Trinajstić information content (AvgIpc) is 2.42. The standard InChI is InChI=1S/C16H17BrClNO/c1-10-3-6-16(20-2)12(7-10)9-15(19)11-4-5-13(17)14(18)8-11/h3-8,15H,9,19H2,1-2H3. The van der Waals surface area contributed by atoms with Gasteiger partial charge in [-0.05, 0) is 58.6 Å². The van der Waals surface area contributed by atoms with E-state index < -0.39 is 0 Å². The normalized spacial score (nSPS) is 12.2. The molecule has 0 aromatic heterocycles. The van der Waals surface area contributed by atoms with Gasteiger partial charge in [-0.25, -0.2) is 0 Å². The third-order valence-corrected chi connectivity index (χ3v) is 4.48. The molecule has 0 aliphatic carbocycles. The van der Waals surface area contributed by atoms with Crippen LogP contribution in [0.15, 0.2) is 40.9 Å². The Morgan fingerprint density at radius 3 is 2.65 bits per heavy atom. The molecule has 0 radical (unpaired) electrons. The number of methoxy groups -OCH3 is 1. The van der Waals surface area contributed by atoms with E-state index in [9.17, 15) is 0 Å². The molecule has 2 N–H and O–H groups in total. The topological polar surface area (TPSA) is 35.2 Å². The molecule has 0 heterocycles. The lowest BCUT2D eigenvalue weighted by molar-refractivity contribution is 0.408. The smallest absolute Gasteiger partial charge is 0.122 e. The maximum atomic E-state index is 6.29. The molecule has 0 spiro atoms. The molecule has 2 aromatic rings. The fourth-order valence-electron chi connectivity index (χ4n) is 2.16. The Bertz CT molecular complexity index is 615. The van der Waals surface area contributed by atoms with E-state index >= 15 is 0 Å². The molecule has 0 aliphatic rings. The zero-order chi connectivity index (χ0) is 14.7. The number of aryl methyl sites for hydroxylation is 1. The number of benzene rings is 2. The van der Waals surface area contributed by atoms with Gasteiger partial charge in [-0.1, -0.05) is 35.4 Å². The summed E-state index contributed by atoms with van der Waals surface area (Å²) in [5.74, 6) is 0.870. The first-order valence-electron chi connectivity index (χ1n) is 6.35. The fraction of sp³-hybridized carbons (Fsp3) is 0.250. The van der Waals surface area contributed by atoms with Crippen LogP contribution >= 0.6 is 27.5 Å². The Morgan fingerprint density at radius 1 is 1.25 bits per heavy atom. The molecule has 0 bridgehead atoms. The number of hydrogen-bond donors (Lipinski definition) is 1. The highest BCUT2D eigenvalue weighted by Crippen LogP contribution is 2.29. The van der Waals surface area contributed by atoms with Crippen molar-refractivity contribution in [2.75, 3.05) is 7.11 Å². The van der Waals surface area contributed by atoms with Crippen LogP contribution in [-0.4, -0.2) is 7.11 Å². The van der Waals surface area contributed by atoms with Crippen LogP contribution in [0.2, 0.25) is 5.02 Å². The molecule has 0 saturated carbocycles. The molecule has 1 atom stereocenters. The number of halogens is 2. The second-order valence-corrected chi connectivity index (χ2v) is 6.06. The molecule has 0 fully saturated rings. The molecule has 2 aromatic carbocycles. The van der Waals surface area contributed by atoms with E-state index in [0.29, 0.717) is 11.4 Å². The van der Waals surface area contributed by atoms with Gasteiger partial charge >= 0.3 is 0 Å². The second kappa shape index (κ2) is 6.61. The highest BCUT2D eigenvalue weighted by Gasteiger charge is 2.12. The summed E-state index contributed by atoms with van der Waals surface area (Å²) in [7, 11) is 1.68. The second-order valence-electron chi connectivity index (χ2n) is 4.80. The minimum atomic E-state index is -0.115. The molecule has 1 unspecified atom stereocenters. The Hall–Kier alpha value is -1.03. The van der Waals surface area contributed by atoms with Gasteiger partial charge in [-0.3, -0.25) is 0 Å². The molecule has 4 heteroatoms. The zero-order valence-corrected chi connectivity index (χ0v) is 13.8. The number of ether oxygens (including phenoxy) is 1. The van der Waals surface area contributed by atoms with Gasteiger partial charge in [0.15, 0.2) is 0 Å². The minimum absolute atomic E-state index is 0.115. The largest absolute Gasteiger partial charge is 0.496 e. The molecular weight excluding hydrogens is 338 g/mol. The van der Waals surface area contributed by atoms with Crippen LogP contribution < -0.4 is 10.5 Å². The summed E-state index contributed by atoms with van der Waals surface area (Å²) in [4.78, 5) is 0. The molecule has 0 amide bonds. The van der Waals surface area contributed by atoms with Gasteiger partial charge in [0.1, 0.15) is 5.75 Å².